The van der Waals surface area contributed by atoms with Crippen molar-refractivity contribution in [3.05, 3.63) is 58.5 Å². The van der Waals surface area contributed by atoms with Crippen molar-refractivity contribution in [3.8, 4) is 11.3 Å². The predicted octanol–water partition coefficient (Wildman–Crippen LogP) is 3.55. The van der Waals surface area contributed by atoms with Crippen LogP contribution in [0.1, 0.15) is 34.6 Å². The van der Waals surface area contributed by atoms with E-state index >= 15 is 0 Å². The van der Waals surface area contributed by atoms with Crippen LogP contribution in [0.5, 0.6) is 0 Å². The van der Waals surface area contributed by atoms with E-state index in [1.807, 2.05) is 19.1 Å². The van der Waals surface area contributed by atoms with Gasteiger partial charge in [0.2, 0.25) is 5.95 Å². The molecule has 0 radical (unpaired) electrons. The van der Waals surface area contributed by atoms with Gasteiger partial charge in [-0.15, -0.1) is 0 Å². The maximum atomic E-state index is 5.91. The molecule has 0 aliphatic heterocycles. The van der Waals surface area contributed by atoms with Crippen molar-refractivity contribution in [3.63, 3.8) is 0 Å². The third-order valence-electron chi connectivity index (χ3n) is 4.25. The zero-order chi connectivity index (χ0) is 17.1. The van der Waals surface area contributed by atoms with Crippen LogP contribution in [0.25, 0.3) is 11.3 Å². The van der Waals surface area contributed by atoms with Crippen LogP contribution < -0.4 is 5.73 Å². The number of rotatable bonds is 5. The van der Waals surface area contributed by atoms with Gasteiger partial charge in [-0.1, -0.05) is 23.8 Å². The summed E-state index contributed by atoms with van der Waals surface area (Å²) >= 11 is 0. The Morgan fingerprint density at radius 1 is 1.04 bits per heavy atom. The Labute approximate surface area is 142 Å². The van der Waals surface area contributed by atoms with E-state index in [2.05, 4.69) is 52.2 Å². The van der Waals surface area contributed by atoms with Crippen molar-refractivity contribution in [2.75, 3.05) is 5.73 Å². The van der Waals surface area contributed by atoms with Gasteiger partial charge in [-0.25, -0.2) is 9.97 Å². The molecule has 0 spiro atoms. The van der Waals surface area contributed by atoms with Gasteiger partial charge >= 0.3 is 0 Å². The Morgan fingerprint density at radius 3 is 2.58 bits per heavy atom. The summed E-state index contributed by atoms with van der Waals surface area (Å²) in [6.07, 6.45) is 2.86. The lowest BCUT2D eigenvalue weighted by Crippen LogP contribution is -2.02. The van der Waals surface area contributed by atoms with Crippen molar-refractivity contribution in [2.45, 2.75) is 40.0 Å². The Hall–Kier alpha value is -2.69. The van der Waals surface area contributed by atoms with Crippen LogP contribution in [0.15, 0.2) is 30.3 Å². The third kappa shape index (κ3) is 3.62. The Morgan fingerprint density at radius 2 is 1.88 bits per heavy atom. The molecule has 0 aliphatic rings. The first-order valence-corrected chi connectivity index (χ1v) is 8.24. The molecular formula is C19H23N5. The minimum atomic E-state index is 0.333. The lowest BCUT2D eigenvalue weighted by molar-refractivity contribution is 0.790. The van der Waals surface area contributed by atoms with Gasteiger partial charge in [0.05, 0.1) is 11.4 Å². The highest BCUT2D eigenvalue weighted by Gasteiger charge is 2.08. The minimum Gasteiger partial charge on any atom is -0.368 e. The van der Waals surface area contributed by atoms with Crippen LogP contribution in [0.3, 0.4) is 0 Å². The normalized spacial score (nSPS) is 11.0. The van der Waals surface area contributed by atoms with E-state index in [1.165, 1.54) is 11.1 Å². The molecule has 2 heterocycles. The van der Waals surface area contributed by atoms with Gasteiger partial charge in [0.1, 0.15) is 0 Å². The molecule has 0 unspecified atom stereocenters. The van der Waals surface area contributed by atoms with Crippen LogP contribution >= 0.6 is 0 Å². The number of nitrogens with one attached hydrogen (secondary N) is 1. The van der Waals surface area contributed by atoms with E-state index in [4.69, 9.17) is 5.73 Å². The lowest BCUT2D eigenvalue weighted by atomic mass is 10.0. The summed E-state index contributed by atoms with van der Waals surface area (Å²) in [6, 6.07) is 10.3. The molecule has 0 bridgehead atoms. The molecule has 3 rings (SSSR count). The largest absolute Gasteiger partial charge is 0.368 e. The smallest absolute Gasteiger partial charge is 0.220 e. The number of nitrogen functional groups attached to an aromatic ring is 1. The standard InChI is InChI=1S/C19H23N5/c1-12-6-4-7-15(10-12)18-11-16(21-19(20)22-18)8-5-9-17-13(2)23-24-14(17)3/h4,6-7,10-11H,5,8-9H2,1-3H3,(H,23,24)(H2,20,21,22). The summed E-state index contributed by atoms with van der Waals surface area (Å²) in [5.74, 6) is 0.333. The van der Waals surface area contributed by atoms with Gasteiger partial charge in [0, 0.05) is 17.0 Å². The van der Waals surface area contributed by atoms with Gasteiger partial charge in [0.15, 0.2) is 0 Å². The summed E-state index contributed by atoms with van der Waals surface area (Å²) in [4.78, 5) is 8.77. The van der Waals surface area contributed by atoms with E-state index in [1.54, 1.807) is 0 Å². The molecule has 0 fully saturated rings. The fourth-order valence-electron chi connectivity index (χ4n) is 2.99. The first-order valence-electron chi connectivity index (χ1n) is 8.24. The molecule has 24 heavy (non-hydrogen) atoms. The molecule has 124 valence electrons. The summed E-state index contributed by atoms with van der Waals surface area (Å²) in [5, 5.41) is 7.28. The van der Waals surface area contributed by atoms with Crippen molar-refractivity contribution in [2.24, 2.45) is 0 Å². The van der Waals surface area contributed by atoms with Gasteiger partial charge in [-0.3, -0.25) is 5.10 Å². The zero-order valence-electron chi connectivity index (χ0n) is 14.4. The van der Waals surface area contributed by atoms with E-state index in [0.29, 0.717) is 5.95 Å². The number of nitrogens with two attached hydrogens (primary N) is 1. The van der Waals surface area contributed by atoms with Gasteiger partial charge < -0.3 is 5.73 Å². The molecule has 3 aromatic rings. The Balaban J connectivity index is 1.74. The molecule has 0 aliphatic carbocycles. The van der Waals surface area contributed by atoms with E-state index in [0.717, 1.165) is 47.6 Å². The van der Waals surface area contributed by atoms with Crippen LogP contribution in [0.4, 0.5) is 5.95 Å². The van der Waals surface area contributed by atoms with E-state index < -0.39 is 0 Å². The van der Waals surface area contributed by atoms with Gasteiger partial charge in [0.25, 0.3) is 0 Å². The van der Waals surface area contributed by atoms with E-state index in [9.17, 15) is 0 Å². The number of hydrogen-bond acceptors (Lipinski definition) is 4. The first kappa shape index (κ1) is 16.2. The Kier molecular flexibility index (Phi) is 4.60. The highest BCUT2D eigenvalue weighted by Crippen LogP contribution is 2.21. The Bertz CT molecular complexity index is 831. The topological polar surface area (TPSA) is 80.5 Å². The molecular weight excluding hydrogens is 298 g/mol. The van der Waals surface area contributed by atoms with Crippen molar-refractivity contribution in [1.29, 1.82) is 0 Å². The summed E-state index contributed by atoms with van der Waals surface area (Å²) in [7, 11) is 0. The molecule has 2 aromatic heterocycles. The predicted molar refractivity (Wildman–Crippen MR) is 96.7 cm³/mol. The fraction of sp³-hybridized carbons (Fsp3) is 0.316. The average Bonchev–Trinajstić information content (AvgIpc) is 2.86. The maximum absolute atomic E-state index is 5.91. The SMILES string of the molecule is Cc1cccc(-c2cc(CCCc3c(C)n[nH]c3C)nc(N)n2)c1. The summed E-state index contributed by atoms with van der Waals surface area (Å²) in [5.41, 5.74) is 13.6. The number of aromatic nitrogens is 4. The molecule has 0 amide bonds. The van der Waals surface area contributed by atoms with Crippen LogP contribution in [0.2, 0.25) is 0 Å². The number of anilines is 1. The molecule has 5 nitrogen and oxygen atoms in total. The molecule has 3 N–H and O–H groups in total. The van der Waals surface area contributed by atoms with Crippen molar-refractivity contribution in [1.82, 2.24) is 20.2 Å². The summed E-state index contributed by atoms with van der Waals surface area (Å²) < 4.78 is 0. The zero-order valence-corrected chi connectivity index (χ0v) is 14.4. The quantitative estimate of drug-likeness (QED) is 0.753. The minimum absolute atomic E-state index is 0.333. The van der Waals surface area contributed by atoms with Gasteiger partial charge in [-0.2, -0.15) is 5.10 Å². The molecule has 5 heteroatoms. The maximum Gasteiger partial charge on any atom is 0.220 e. The molecule has 0 saturated carbocycles. The monoisotopic (exact) mass is 321 g/mol. The highest BCUT2D eigenvalue weighted by molar-refractivity contribution is 5.61. The molecule has 0 atom stereocenters. The third-order valence-corrected chi connectivity index (χ3v) is 4.25. The molecule has 1 aromatic carbocycles. The van der Waals surface area contributed by atoms with Crippen molar-refractivity contribution < 1.29 is 0 Å². The van der Waals surface area contributed by atoms with Gasteiger partial charge in [-0.05, 0) is 57.7 Å². The average molecular weight is 321 g/mol. The fourth-order valence-corrected chi connectivity index (χ4v) is 2.99. The number of benzene rings is 1. The number of aryl methyl sites for hydroxylation is 4. The molecule has 0 saturated heterocycles. The number of nitrogens with zero attached hydrogens (tertiary/aromatic N) is 3. The van der Waals surface area contributed by atoms with Crippen LogP contribution in [-0.4, -0.2) is 20.2 Å². The van der Waals surface area contributed by atoms with E-state index in [-0.39, 0.29) is 0 Å². The van der Waals surface area contributed by atoms with Crippen molar-refractivity contribution >= 4 is 5.95 Å². The highest BCUT2D eigenvalue weighted by atomic mass is 15.1. The second kappa shape index (κ2) is 6.83. The number of aromatic amines is 1. The lowest BCUT2D eigenvalue weighted by Gasteiger charge is -2.07. The second-order valence-corrected chi connectivity index (χ2v) is 6.24. The van der Waals surface area contributed by atoms with Crippen LogP contribution in [-0.2, 0) is 12.8 Å². The number of H-pyrrole nitrogens is 1. The first-order chi connectivity index (χ1) is 11.5. The summed E-state index contributed by atoms with van der Waals surface area (Å²) in [6.45, 7) is 6.18. The van der Waals surface area contributed by atoms with Crippen LogP contribution in [0, 0.1) is 20.8 Å². The second-order valence-electron chi connectivity index (χ2n) is 6.24. The number of hydrogen-bond donors (Lipinski definition) is 2.